The molecule has 0 bridgehead atoms. The van der Waals surface area contributed by atoms with Crippen molar-refractivity contribution in [3.05, 3.63) is 12.2 Å². The molecule has 0 spiro atoms. The van der Waals surface area contributed by atoms with E-state index in [1.165, 1.54) is 0 Å². The molecule has 2 rings (SSSR count). The van der Waals surface area contributed by atoms with Crippen molar-refractivity contribution in [2.75, 3.05) is 14.1 Å². The summed E-state index contributed by atoms with van der Waals surface area (Å²) in [6.07, 6.45) is 2.02. The van der Waals surface area contributed by atoms with Crippen molar-refractivity contribution in [1.82, 2.24) is 4.90 Å². The fraction of sp³-hybridized carbons (Fsp3) is 0.821. The minimum absolute atomic E-state index is 0.0201. The Morgan fingerprint density at radius 1 is 1.06 bits per heavy atom. The first-order valence-electron chi connectivity index (χ1n) is 13.4. The molecule has 0 aromatic carbocycles. The van der Waals surface area contributed by atoms with Gasteiger partial charge in [0, 0.05) is 23.8 Å². The fourth-order valence-corrected chi connectivity index (χ4v) is 5.38. The maximum atomic E-state index is 13.5. The quantitative estimate of drug-likeness (QED) is 0.454. The molecule has 206 valence electrons. The lowest BCUT2D eigenvalue weighted by molar-refractivity contribution is -0.278. The SMILES string of the molecule is CC[C@H]1OC(=O)[C@H](C)C(=O)[C@H](C)[C@@H](OC2OC(C)CC(N(C)C)C2O)[C@@H](C)C[C@@H](C)C(=O)/C=C/[C@H]1C. The van der Waals surface area contributed by atoms with Crippen LogP contribution in [0.3, 0.4) is 0 Å². The van der Waals surface area contributed by atoms with E-state index in [9.17, 15) is 19.5 Å². The lowest BCUT2D eigenvalue weighted by atomic mass is 9.80. The monoisotopic (exact) mass is 509 g/mol. The van der Waals surface area contributed by atoms with Crippen molar-refractivity contribution in [2.45, 2.75) is 104 Å². The van der Waals surface area contributed by atoms with Crippen molar-refractivity contribution < 1.29 is 33.7 Å². The van der Waals surface area contributed by atoms with Crippen LogP contribution >= 0.6 is 0 Å². The Kier molecular flexibility index (Phi) is 11.3. The second-order valence-corrected chi connectivity index (χ2v) is 11.2. The smallest absolute Gasteiger partial charge is 0.316 e. The maximum absolute atomic E-state index is 13.5. The van der Waals surface area contributed by atoms with Gasteiger partial charge in [-0.05, 0) is 59.2 Å². The number of aliphatic hydroxyl groups is 1. The van der Waals surface area contributed by atoms with Crippen LogP contribution in [-0.4, -0.2) is 78.4 Å². The van der Waals surface area contributed by atoms with Crippen molar-refractivity contribution in [1.29, 1.82) is 0 Å². The maximum Gasteiger partial charge on any atom is 0.316 e. The Morgan fingerprint density at radius 2 is 1.69 bits per heavy atom. The normalized spacial score (nSPS) is 42.6. The van der Waals surface area contributed by atoms with Gasteiger partial charge < -0.3 is 24.2 Å². The van der Waals surface area contributed by atoms with Crippen LogP contribution in [0.5, 0.6) is 0 Å². The Labute approximate surface area is 216 Å². The minimum Gasteiger partial charge on any atom is -0.461 e. The number of allylic oxidation sites excluding steroid dienone is 1. The number of likely N-dealkylation sites (N-methyl/N-ethyl adjacent to an activating group) is 1. The second-order valence-electron chi connectivity index (χ2n) is 11.2. The summed E-state index contributed by atoms with van der Waals surface area (Å²) in [5, 5.41) is 11.0. The molecule has 0 amide bonds. The topological polar surface area (TPSA) is 102 Å². The highest BCUT2D eigenvalue weighted by Gasteiger charge is 2.43. The van der Waals surface area contributed by atoms with Gasteiger partial charge in [-0.2, -0.15) is 0 Å². The molecule has 1 N–H and O–H groups in total. The number of nitrogens with zero attached hydrogens (tertiary/aromatic N) is 1. The molecule has 36 heavy (non-hydrogen) atoms. The molecule has 0 radical (unpaired) electrons. The van der Waals surface area contributed by atoms with Crippen molar-refractivity contribution >= 4 is 17.5 Å². The lowest BCUT2D eigenvalue weighted by Gasteiger charge is -2.43. The van der Waals surface area contributed by atoms with Crippen molar-refractivity contribution in [2.24, 2.45) is 29.6 Å². The average Bonchev–Trinajstić information content (AvgIpc) is 2.83. The predicted molar refractivity (Wildman–Crippen MR) is 137 cm³/mol. The number of rotatable bonds is 4. The number of carbonyl (C=O) groups is 3. The van der Waals surface area contributed by atoms with E-state index in [1.54, 1.807) is 26.0 Å². The summed E-state index contributed by atoms with van der Waals surface area (Å²) in [4.78, 5) is 41.2. The Hall–Kier alpha value is -1.61. The zero-order valence-electron chi connectivity index (χ0n) is 23.5. The molecule has 4 unspecified atom stereocenters. The van der Waals surface area contributed by atoms with E-state index < -0.39 is 42.4 Å². The highest BCUT2D eigenvalue weighted by Crippen LogP contribution is 2.32. The van der Waals surface area contributed by atoms with E-state index in [1.807, 2.05) is 53.6 Å². The standard InChI is InChI=1S/C28H47NO7/c1-10-23-15(2)11-12-22(30)16(3)13-17(4)26(19(6)24(31)20(7)27(33)35-23)36-28-25(32)21(29(8)9)14-18(5)34-28/h11-12,15-21,23,25-26,28,32H,10,13-14H2,1-9H3/b12-11+/t15-,16-,17+,18?,19+,20-,21?,23-,25?,26+,28?/m1/s1. The Balaban J connectivity index is 2.40. The van der Waals surface area contributed by atoms with Crippen LogP contribution in [0.4, 0.5) is 0 Å². The van der Waals surface area contributed by atoms with Gasteiger partial charge in [-0.1, -0.05) is 40.7 Å². The highest BCUT2D eigenvalue weighted by atomic mass is 16.7. The molecular weight excluding hydrogens is 462 g/mol. The zero-order chi connectivity index (χ0) is 27.3. The van der Waals surface area contributed by atoms with Crippen molar-refractivity contribution in [3.8, 4) is 0 Å². The molecule has 2 aliphatic heterocycles. The molecule has 2 heterocycles. The summed E-state index contributed by atoms with van der Waals surface area (Å²) in [6.45, 7) is 12.9. The number of esters is 1. The van der Waals surface area contributed by atoms with Crippen LogP contribution in [0.1, 0.15) is 67.7 Å². The van der Waals surface area contributed by atoms with Gasteiger partial charge >= 0.3 is 5.97 Å². The predicted octanol–water partition coefficient (Wildman–Crippen LogP) is 3.40. The first-order chi connectivity index (χ1) is 16.8. The van der Waals surface area contributed by atoms with E-state index in [0.29, 0.717) is 19.3 Å². The first-order valence-corrected chi connectivity index (χ1v) is 13.4. The van der Waals surface area contributed by atoms with Gasteiger partial charge in [0.1, 0.15) is 18.1 Å². The number of ether oxygens (including phenoxy) is 3. The summed E-state index contributed by atoms with van der Waals surface area (Å²) >= 11 is 0. The second kappa shape index (κ2) is 13.3. The third kappa shape index (κ3) is 7.46. The van der Waals surface area contributed by atoms with Crippen LogP contribution in [0.25, 0.3) is 0 Å². The van der Waals surface area contributed by atoms with E-state index >= 15 is 0 Å². The van der Waals surface area contributed by atoms with E-state index in [4.69, 9.17) is 14.2 Å². The molecule has 2 aliphatic rings. The van der Waals surface area contributed by atoms with E-state index in [0.717, 1.165) is 0 Å². The molecule has 11 atom stereocenters. The molecule has 0 aliphatic carbocycles. The number of ketones is 2. The number of aliphatic hydroxyl groups excluding tert-OH is 1. The third-order valence-corrected chi connectivity index (χ3v) is 7.88. The molecule has 0 aromatic rings. The fourth-order valence-electron chi connectivity index (χ4n) is 5.38. The van der Waals surface area contributed by atoms with Crippen LogP contribution in [0.15, 0.2) is 12.2 Å². The largest absolute Gasteiger partial charge is 0.461 e. The highest BCUT2D eigenvalue weighted by molar-refractivity contribution is 6.00. The molecule has 1 saturated heterocycles. The Morgan fingerprint density at radius 3 is 2.28 bits per heavy atom. The lowest BCUT2D eigenvalue weighted by Crippen LogP contribution is -2.56. The van der Waals surface area contributed by atoms with E-state index in [-0.39, 0.29) is 41.5 Å². The summed E-state index contributed by atoms with van der Waals surface area (Å²) in [7, 11) is 3.80. The molecule has 8 heteroatoms. The van der Waals surface area contributed by atoms with Gasteiger partial charge in [0.25, 0.3) is 0 Å². The molecule has 8 nitrogen and oxygen atoms in total. The zero-order valence-corrected chi connectivity index (χ0v) is 23.5. The van der Waals surface area contributed by atoms with E-state index in [2.05, 4.69) is 0 Å². The summed E-state index contributed by atoms with van der Waals surface area (Å²) in [6, 6.07) is -0.161. The number of cyclic esters (lactones) is 1. The average molecular weight is 510 g/mol. The van der Waals surface area contributed by atoms with Gasteiger partial charge in [0.05, 0.1) is 12.2 Å². The number of Topliss-reactive ketones (excluding diaryl/α,β-unsaturated/α-hetero) is 1. The number of hydrogen-bond acceptors (Lipinski definition) is 8. The van der Waals surface area contributed by atoms with Crippen LogP contribution in [0, 0.1) is 29.6 Å². The molecule has 0 aromatic heterocycles. The van der Waals surface area contributed by atoms with Gasteiger partial charge in [0.2, 0.25) is 0 Å². The molecule has 0 saturated carbocycles. The number of hydrogen-bond donors (Lipinski definition) is 1. The summed E-state index contributed by atoms with van der Waals surface area (Å²) in [5.74, 6) is -3.16. The minimum atomic E-state index is -0.962. The Bertz CT molecular complexity index is 797. The van der Waals surface area contributed by atoms with Gasteiger partial charge in [0.15, 0.2) is 17.9 Å². The molecular formula is C28H47NO7. The summed E-state index contributed by atoms with van der Waals surface area (Å²) < 4.78 is 18.1. The molecule has 1 fully saturated rings. The van der Waals surface area contributed by atoms with Crippen LogP contribution in [0.2, 0.25) is 0 Å². The van der Waals surface area contributed by atoms with Gasteiger partial charge in [-0.3, -0.25) is 14.4 Å². The summed E-state index contributed by atoms with van der Waals surface area (Å²) in [5.41, 5.74) is 0. The van der Waals surface area contributed by atoms with Crippen LogP contribution in [-0.2, 0) is 28.6 Å². The first kappa shape index (κ1) is 30.6. The third-order valence-electron chi connectivity index (χ3n) is 7.88. The number of carbonyl (C=O) groups excluding carboxylic acids is 3. The van der Waals surface area contributed by atoms with Gasteiger partial charge in [-0.15, -0.1) is 0 Å². The van der Waals surface area contributed by atoms with Crippen LogP contribution < -0.4 is 0 Å². The van der Waals surface area contributed by atoms with Gasteiger partial charge in [-0.25, -0.2) is 0 Å². The van der Waals surface area contributed by atoms with Crippen molar-refractivity contribution in [3.63, 3.8) is 0 Å².